The van der Waals surface area contributed by atoms with E-state index in [1.165, 1.54) is 0 Å². The molecule has 0 aliphatic carbocycles. The Bertz CT molecular complexity index is 485. The first-order valence-corrected chi connectivity index (χ1v) is 5.44. The van der Waals surface area contributed by atoms with Crippen molar-refractivity contribution in [1.29, 1.82) is 0 Å². The van der Waals surface area contributed by atoms with E-state index >= 15 is 0 Å². The molecule has 0 aromatic carbocycles. The van der Waals surface area contributed by atoms with E-state index < -0.39 is 30.0 Å². The Morgan fingerprint density at radius 2 is 2.10 bits per heavy atom. The van der Waals surface area contributed by atoms with E-state index in [4.69, 9.17) is 0 Å². The molecular weight excluding hydrogens is 304 g/mol. The molecule has 1 aliphatic heterocycles. The average Bonchev–Trinajstić information content (AvgIpc) is 2.75. The molecule has 1 saturated heterocycles. The van der Waals surface area contributed by atoms with Gasteiger partial charge in [0, 0.05) is 13.0 Å². The van der Waals surface area contributed by atoms with Gasteiger partial charge in [0.2, 0.25) is 5.91 Å². The van der Waals surface area contributed by atoms with Crippen LogP contribution >= 0.6 is 12.4 Å². The van der Waals surface area contributed by atoms with Crippen molar-refractivity contribution >= 4 is 24.1 Å². The van der Waals surface area contributed by atoms with Crippen LogP contribution in [0, 0.1) is 0 Å². The molecule has 0 unspecified atom stereocenters. The third-order valence-electron chi connectivity index (χ3n) is 2.57. The summed E-state index contributed by atoms with van der Waals surface area (Å²) in [6.45, 7) is 0.0480. The molecule has 112 valence electrons. The number of rotatable bonds is 2. The Kier molecular flexibility index (Phi) is 5.23. The van der Waals surface area contributed by atoms with E-state index in [2.05, 4.69) is 20.6 Å². The van der Waals surface area contributed by atoms with E-state index in [1.54, 1.807) is 0 Å². The lowest BCUT2D eigenvalue weighted by Crippen LogP contribution is -2.35. The first-order valence-electron chi connectivity index (χ1n) is 5.44. The maximum Gasteiger partial charge on any atom is 0.434 e. The predicted octanol–water partition coefficient (Wildman–Crippen LogP) is 1.56. The smallest absolute Gasteiger partial charge is 0.308 e. The molecule has 5 nitrogen and oxygen atoms in total. The molecule has 1 aromatic rings. The third-order valence-corrected chi connectivity index (χ3v) is 2.57. The Labute approximate surface area is 117 Å². The Morgan fingerprint density at radius 3 is 2.65 bits per heavy atom. The van der Waals surface area contributed by atoms with Gasteiger partial charge < -0.3 is 10.6 Å². The van der Waals surface area contributed by atoms with Crippen molar-refractivity contribution in [2.75, 3.05) is 11.9 Å². The molecule has 2 N–H and O–H groups in total. The fourth-order valence-corrected chi connectivity index (χ4v) is 1.67. The zero-order valence-corrected chi connectivity index (χ0v) is 10.8. The normalized spacial score (nSPS) is 22.2. The number of halogens is 5. The van der Waals surface area contributed by atoms with Crippen LogP contribution in [-0.2, 0) is 11.0 Å². The van der Waals surface area contributed by atoms with Gasteiger partial charge in [-0.25, -0.2) is 9.37 Å². The summed E-state index contributed by atoms with van der Waals surface area (Å²) in [6, 6.07) is -0.772. The summed E-state index contributed by atoms with van der Waals surface area (Å²) in [5, 5.41) is 4.79. The van der Waals surface area contributed by atoms with Crippen molar-refractivity contribution < 1.29 is 22.4 Å². The molecule has 0 radical (unpaired) electrons. The van der Waals surface area contributed by atoms with E-state index in [9.17, 15) is 22.4 Å². The van der Waals surface area contributed by atoms with Crippen LogP contribution in [0.3, 0.4) is 0 Å². The summed E-state index contributed by atoms with van der Waals surface area (Å²) >= 11 is 0. The lowest BCUT2D eigenvalue weighted by atomic mass is 10.2. The SMILES string of the molecule is Cl.O=C(Nc1cncc(C(F)(F)F)n1)[C@@H]1C[C@@H](F)CN1. The largest absolute Gasteiger partial charge is 0.434 e. The van der Waals surface area contributed by atoms with Gasteiger partial charge in [0.1, 0.15) is 6.17 Å². The Balaban J connectivity index is 0.00000200. The van der Waals surface area contributed by atoms with Crippen LogP contribution in [-0.4, -0.2) is 34.6 Å². The number of carbonyl (C=O) groups excluding carboxylic acids is 1. The maximum atomic E-state index is 12.9. The number of hydrogen-bond donors (Lipinski definition) is 2. The molecule has 2 heterocycles. The molecule has 10 heteroatoms. The minimum Gasteiger partial charge on any atom is -0.308 e. The van der Waals surface area contributed by atoms with E-state index in [-0.39, 0.29) is 31.2 Å². The Hall–Kier alpha value is -1.48. The second-order valence-electron chi connectivity index (χ2n) is 4.07. The van der Waals surface area contributed by atoms with Gasteiger partial charge in [-0.15, -0.1) is 12.4 Å². The van der Waals surface area contributed by atoms with Gasteiger partial charge in [-0.2, -0.15) is 13.2 Å². The molecule has 0 saturated carbocycles. The molecule has 0 bridgehead atoms. The molecule has 1 aromatic heterocycles. The highest BCUT2D eigenvalue weighted by atomic mass is 35.5. The summed E-state index contributed by atoms with van der Waals surface area (Å²) < 4.78 is 50.0. The average molecular weight is 315 g/mol. The number of carbonyl (C=O) groups is 1. The number of anilines is 1. The van der Waals surface area contributed by atoms with Gasteiger partial charge >= 0.3 is 6.18 Å². The van der Waals surface area contributed by atoms with Crippen LogP contribution in [0.1, 0.15) is 12.1 Å². The molecule has 1 amide bonds. The van der Waals surface area contributed by atoms with Crippen molar-refractivity contribution in [2.24, 2.45) is 0 Å². The van der Waals surface area contributed by atoms with Crippen LogP contribution in [0.4, 0.5) is 23.4 Å². The number of nitrogens with zero attached hydrogens (tertiary/aromatic N) is 2. The highest BCUT2D eigenvalue weighted by Gasteiger charge is 2.34. The summed E-state index contributed by atoms with van der Waals surface area (Å²) in [7, 11) is 0. The van der Waals surface area contributed by atoms with Crippen LogP contribution in [0.15, 0.2) is 12.4 Å². The molecule has 1 aliphatic rings. The first kappa shape index (κ1) is 16.6. The van der Waals surface area contributed by atoms with Crippen molar-refractivity contribution in [3.63, 3.8) is 0 Å². The van der Waals surface area contributed by atoms with Gasteiger partial charge in [-0.1, -0.05) is 0 Å². The predicted molar refractivity (Wildman–Crippen MR) is 64.2 cm³/mol. The summed E-state index contributed by atoms with van der Waals surface area (Å²) in [5.74, 6) is -0.947. The maximum absolute atomic E-state index is 12.9. The van der Waals surface area contributed by atoms with E-state index in [0.717, 1.165) is 6.20 Å². The molecule has 2 rings (SSSR count). The van der Waals surface area contributed by atoms with Crippen LogP contribution < -0.4 is 10.6 Å². The highest BCUT2D eigenvalue weighted by molar-refractivity contribution is 5.94. The van der Waals surface area contributed by atoms with E-state index in [0.29, 0.717) is 6.20 Å². The summed E-state index contributed by atoms with van der Waals surface area (Å²) in [6.07, 6.45) is -4.24. The van der Waals surface area contributed by atoms with Gasteiger partial charge in [-0.3, -0.25) is 9.78 Å². The van der Waals surface area contributed by atoms with Crippen LogP contribution in [0.5, 0.6) is 0 Å². The zero-order chi connectivity index (χ0) is 14.0. The van der Waals surface area contributed by atoms with Crippen molar-refractivity contribution in [3.8, 4) is 0 Å². The lowest BCUT2D eigenvalue weighted by Gasteiger charge is -2.11. The summed E-state index contributed by atoms with van der Waals surface area (Å²) in [5.41, 5.74) is -1.20. The molecule has 0 spiro atoms. The fraction of sp³-hybridized carbons (Fsp3) is 0.500. The Morgan fingerprint density at radius 1 is 1.40 bits per heavy atom. The van der Waals surface area contributed by atoms with Crippen LogP contribution in [0.25, 0.3) is 0 Å². The van der Waals surface area contributed by atoms with Gasteiger partial charge in [0.15, 0.2) is 11.5 Å². The lowest BCUT2D eigenvalue weighted by molar-refractivity contribution is -0.141. The number of nitrogens with one attached hydrogen (secondary N) is 2. The van der Waals surface area contributed by atoms with E-state index in [1.807, 2.05) is 0 Å². The van der Waals surface area contributed by atoms with Crippen molar-refractivity contribution in [2.45, 2.75) is 24.8 Å². The second kappa shape index (κ2) is 6.31. The third kappa shape index (κ3) is 4.01. The van der Waals surface area contributed by atoms with Gasteiger partial charge in [0.05, 0.1) is 18.4 Å². The van der Waals surface area contributed by atoms with Crippen LogP contribution in [0.2, 0.25) is 0 Å². The second-order valence-corrected chi connectivity index (χ2v) is 4.07. The zero-order valence-electron chi connectivity index (χ0n) is 9.95. The number of hydrogen-bond acceptors (Lipinski definition) is 4. The quantitative estimate of drug-likeness (QED) is 0.813. The first-order chi connectivity index (χ1) is 8.86. The number of alkyl halides is 4. The summed E-state index contributed by atoms with van der Waals surface area (Å²) in [4.78, 5) is 18.2. The molecular formula is C10H11ClF4N4O. The monoisotopic (exact) mass is 314 g/mol. The minimum atomic E-state index is -4.64. The molecule has 1 fully saturated rings. The van der Waals surface area contributed by atoms with Gasteiger partial charge in [-0.05, 0) is 0 Å². The fourth-order valence-electron chi connectivity index (χ4n) is 1.67. The topological polar surface area (TPSA) is 66.9 Å². The standard InChI is InChI=1S/C10H10F4N4O.ClH/c11-5-1-6(16-2-5)9(19)18-8-4-15-3-7(17-8)10(12,13)14;/h3-6,16H,1-2H2,(H,17,18,19);1H/t5-,6+;/m1./s1. The molecule has 2 atom stereocenters. The minimum absolute atomic E-state index is 0. The van der Waals surface area contributed by atoms with Crippen molar-refractivity contribution in [1.82, 2.24) is 15.3 Å². The number of aromatic nitrogens is 2. The highest BCUT2D eigenvalue weighted by Crippen LogP contribution is 2.27. The number of amides is 1. The molecule has 20 heavy (non-hydrogen) atoms. The van der Waals surface area contributed by atoms with Gasteiger partial charge in [0.25, 0.3) is 0 Å². The van der Waals surface area contributed by atoms with Crippen molar-refractivity contribution in [3.05, 3.63) is 18.1 Å².